The lowest BCUT2D eigenvalue weighted by atomic mass is 10.1. The number of amides is 3. The van der Waals surface area contributed by atoms with Crippen molar-refractivity contribution < 1.29 is 32.3 Å². The van der Waals surface area contributed by atoms with Gasteiger partial charge in [0.05, 0.1) is 16.8 Å². The van der Waals surface area contributed by atoms with E-state index < -0.39 is 35.8 Å². The molecule has 7 nitrogen and oxygen atoms in total. The Labute approximate surface area is 157 Å². The molecule has 0 aliphatic heterocycles. The number of rotatable bonds is 5. The molecule has 0 heterocycles. The van der Waals surface area contributed by atoms with Gasteiger partial charge in [0.25, 0.3) is 5.91 Å². The van der Waals surface area contributed by atoms with Crippen LogP contribution in [0.3, 0.4) is 0 Å². The third kappa shape index (κ3) is 5.47. The second-order valence-corrected chi connectivity index (χ2v) is 5.65. The molecule has 4 N–H and O–H groups in total. The van der Waals surface area contributed by atoms with Crippen LogP contribution in [0.5, 0.6) is 0 Å². The van der Waals surface area contributed by atoms with Gasteiger partial charge in [-0.1, -0.05) is 18.2 Å². The molecular weight excluding hydrogens is 379 g/mol. The third-order valence-electron chi connectivity index (χ3n) is 3.52. The molecule has 0 spiro atoms. The van der Waals surface area contributed by atoms with Crippen LogP contribution >= 0.6 is 0 Å². The SMILES string of the molecule is C[C@@H](OC(=O)c1ccccc1Nc1cccc(C(F)(F)F)c1)C(=O)NC(N)=O. The smallest absolute Gasteiger partial charge is 0.416 e. The van der Waals surface area contributed by atoms with Gasteiger partial charge in [0, 0.05) is 5.69 Å². The van der Waals surface area contributed by atoms with Crippen LogP contribution in [-0.4, -0.2) is 24.0 Å². The Bertz CT molecular complexity index is 900. The van der Waals surface area contributed by atoms with E-state index in [1.165, 1.54) is 37.3 Å². The monoisotopic (exact) mass is 395 g/mol. The first-order valence-corrected chi connectivity index (χ1v) is 7.92. The van der Waals surface area contributed by atoms with E-state index in [-0.39, 0.29) is 16.9 Å². The highest BCUT2D eigenvalue weighted by atomic mass is 19.4. The maximum absolute atomic E-state index is 12.9. The van der Waals surface area contributed by atoms with Crippen molar-refractivity contribution in [2.45, 2.75) is 19.2 Å². The number of nitrogens with two attached hydrogens (primary N) is 1. The van der Waals surface area contributed by atoms with Crippen molar-refractivity contribution in [3.63, 3.8) is 0 Å². The summed E-state index contributed by atoms with van der Waals surface area (Å²) in [5.74, 6) is -1.83. The number of benzene rings is 2. The molecule has 2 rings (SSSR count). The van der Waals surface area contributed by atoms with Crippen LogP contribution < -0.4 is 16.4 Å². The summed E-state index contributed by atoms with van der Waals surface area (Å²) in [5.41, 5.74) is 4.24. The number of primary amides is 1. The van der Waals surface area contributed by atoms with Gasteiger partial charge in [-0.2, -0.15) is 13.2 Å². The van der Waals surface area contributed by atoms with Crippen molar-refractivity contribution in [1.82, 2.24) is 5.32 Å². The number of imide groups is 1. The molecule has 0 bridgehead atoms. The van der Waals surface area contributed by atoms with Gasteiger partial charge in [-0.25, -0.2) is 9.59 Å². The summed E-state index contributed by atoms with van der Waals surface area (Å²) in [6, 6.07) is 9.26. The molecule has 0 unspecified atom stereocenters. The van der Waals surface area contributed by atoms with Gasteiger partial charge in [-0.15, -0.1) is 0 Å². The Morgan fingerprint density at radius 3 is 2.39 bits per heavy atom. The second-order valence-electron chi connectivity index (χ2n) is 5.65. The number of urea groups is 1. The fraction of sp³-hybridized carbons (Fsp3) is 0.167. The van der Waals surface area contributed by atoms with Crippen molar-refractivity contribution in [3.05, 3.63) is 59.7 Å². The number of hydrogen-bond acceptors (Lipinski definition) is 5. The van der Waals surface area contributed by atoms with Crippen molar-refractivity contribution in [3.8, 4) is 0 Å². The average Bonchev–Trinajstić information content (AvgIpc) is 2.61. The highest BCUT2D eigenvalue weighted by Crippen LogP contribution is 2.32. The summed E-state index contributed by atoms with van der Waals surface area (Å²) in [6.45, 7) is 1.24. The van der Waals surface area contributed by atoms with Crippen LogP contribution in [-0.2, 0) is 15.7 Å². The Morgan fingerprint density at radius 1 is 1.07 bits per heavy atom. The quantitative estimate of drug-likeness (QED) is 0.674. The van der Waals surface area contributed by atoms with E-state index in [4.69, 9.17) is 10.5 Å². The predicted molar refractivity (Wildman–Crippen MR) is 93.8 cm³/mol. The number of alkyl halides is 3. The molecule has 0 aromatic heterocycles. The molecule has 2 aromatic rings. The van der Waals surface area contributed by atoms with Gasteiger partial charge in [-0.05, 0) is 37.3 Å². The Kier molecular flexibility index (Phi) is 6.24. The van der Waals surface area contributed by atoms with Gasteiger partial charge < -0.3 is 15.8 Å². The maximum atomic E-state index is 12.9. The predicted octanol–water partition coefficient (Wildman–Crippen LogP) is 3.19. The van der Waals surface area contributed by atoms with Crippen molar-refractivity contribution in [2.75, 3.05) is 5.32 Å². The molecule has 0 aliphatic carbocycles. The highest BCUT2D eigenvalue weighted by molar-refractivity contribution is 6.00. The fourth-order valence-electron chi connectivity index (χ4n) is 2.20. The highest BCUT2D eigenvalue weighted by Gasteiger charge is 2.30. The molecule has 0 saturated carbocycles. The zero-order valence-corrected chi connectivity index (χ0v) is 14.5. The van der Waals surface area contributed by atoms with Crippen LogP contribution in [0, 0.1) is 0 Å². The first-order valence-electron chi connectivity index (χ1n) is 7.92. The Hall–Kier alpha value is -3.56. The number of carbonyl (C=O) groups is 3. The van der Waals surface area contributed by atoms with E-state index in [1.54, 1.807) is 11.4 Å². The van der Waals surface area contributed by atoms with E-state index >= 15 is 0 Å². The van der Waals surface area contributed by atoms with Crippen molar-refractivity contribution >= 4 is 29.3 Å². The minimum atomic E-state index is -4.51. The molecule has 10 heteroatoms. The van der Waals surface area contributed by atoms with Gasteiger partial charge in [0.2, 0.25) is 0 Å². The first-order chi connectivity index (χ1) is 13.1. The van der Waals surface area contributed by atoms with Crippen LogP contribution in [0.2, 0.25) is 0 Å². The van der Waals surface area contributed by atoms with Crippen molar-refractivity contribution in [1.29, 1.82) is 0 Å². The summed E-state index contributed by atoms with van der Waals surface area (Å²) in [4.78, 5) is 34.6. The molecule has 0 fully saturated rings. The van der Waals surface area contributed by atoms with Crippen LogP contribution in [0.15, 0.2) is 48.5 Å². The second kappa shape index (κ2) is 8.42. The van der Waals surface area contributed by atoms with Crippen LogP contribution in [0.1, 0.15) is 22.8 Å². The zero-order valence-electron chi connectivity index (χ0n) is 14.5. The summed E-state index contributed by atoms with van der Waals surface area (Å²) in [6.07, 6.45) is -5.83. The molecule has 28 heavy (non-hydrogen) atoms. The summed E-state index contributed by atoms with van der Waals surface area (Å²) < 4.78 is 43.5. The molecule has 0 radical (unpaired) electrons. The van der Waals surface area contributed by atoms with Crippen LogP contribution in [0.25, 0.3) is 0 Å². The number of halogens is 3. The molecule has 0 aliphatic rings. The molecule has 148 valence electrons. The zero-order chi connectivity index (χ0) is 20.9. The Balaban J connectivity index is 2.20. The lowest BCUT2D eigenvalue weighted by Gasteiger charge is -2.15. The first kappa shape index (κ1) is 20.7. The van der Waals surface area contributed by atoms with Crippen molar-refractivity contribution in [2.24, 2.45) is 5.73 Å². The number of esters is 1. The number of hydrogen-bond donors (Lipinski definition) is 3. The summed E-state index contributed by atoms with van der Waals surface area (Å²) >= 11 is 0. The average molecular weight is 395 g/mol. The van der Waals surface area contributed by atoms with E-state index in [9.17, 15) is 27.6 Å². The van der Waals surface area contributed by atoms with Gasteiger partial charge in [0.15, 0.2) is 6.10 Å². The normalized spacial score (nSPS) is 12.0. The van der Waals surface area contributed by atoms with E-state index in [2.05, 4.69) is 5.32 Å². The summed E-state index contributed by atoms with van der Waals surface area (Å²) in [7, 11) is 0. The molecular formula is C18H16F3N3O4. The maximum Gasteiger partial charge on any atom is 0.416 e. The van der Waals surface area contributed by atoms with Gasteiger partial charge >= 0.3 is 18.2 Å². The molecule has 2 aromatic carbocycles. The number of para-hydroxylation sites is 1. The summed E-state index contributed by atoms with van der Waals surface area (Å²) in [5, 5.41) is 4.50. The topological polar surface area (TPSA) is 111 Å². The standard InChI is InChI=1S/C18H16F3N3O4/c1-10(15(25)24-17(22)27)28-16(26)13-7-2-3-8-14(13)23-12-6-4-5-11(9-12)18(19,20)21/h2-10,23H,1H3,(H3,22,24,25,27)/t10-/m1/s1. The Morgan fingerprint density at radius 2 is 1.75 bits per heavy atom. The van der Waals surface area contributed by atoms with E-state index in [1.807, 2.05) is 0 Å². The third-order valence-corrected chi connectivity index (χ3v) is 3.52. The minimum Gasteiger partial charge on any atom is -0.449 e. The largest absolute Gasteiger partial charge is 0.449 e. The fourth-order valence-corrected chi connectivity index (χ4v) is 2.20. The minimum absolute atomic E-state index is 0.0152. The van der Waals surface area contributed by atoms with Gasteiger partial charge in [0.1, 0.15) is 0 Å². The number of ether oxygens (including phenoxy) is 1. The van der Waals surface area contributed by atoms with Gasteiger partial charge in [-0.3, -0.25) is 10.1 Å². The lowest BCUT2D eigenvalue weighted by Crippen LogP contribution is -2.42. The number of nitrogens with one attached hydrogen (secondary N) is 2. The lowest BCUT2D eigenvalue weighted by molar-refractivity contribution is -0.137. The number of carbonyl (C=O) groups excluding carboxylic acids is 3. The molecule has 1 atom stereocenters. The molecule has 3 amide bonds. The van der Waals surface area contributed by atoms with E-state index in [0.29, 0.717) is 0 Å². The van der Waals surface area contributed by atoms with Crippen LogP contribution in [0.4, 0.5) is 29.3 Å². The number of anilines is 2. The van der Waals surface area contributed by atoms with E-state index in [0.717, 1.165) is 12.1 Å². The molecule has 0 saturated heterocycles.